The van der Waals surface area contributed by atoms with Crippen molar-refractivity contribution in [3.05, 3.63) is 41.1 Å². The summed E-state index contributed by atoms with van der Waals surface area (Å²) in [7, 11) is 0. The van der Waals surface area contributed by atoms with Gasteiger partial charge in [-0.15, -0.1) is 5.10 Å². The van der Waals surface area contributed by atoms with E-state index in [-0.39, 0.29) is 17.6 Å². The summed E-state index contributed by atoms with van der Waals surface area (Å²) in [6, 6.07) is 6.69. The first kappa shape index (κ1) is 16.2. The quantitative estimate of drug-likeness (QED) is 0.821. The Hall–Kier alpha value is -2.28. The van der Waals surface area contributed by atoms with E-state index >= 15 is 0 Å². The number of hydrogen-bond donors (Lipinski definition) is 2. The van der Waals surface area contributed by atoms with Crippen molar-refractivity contribution in [1.29, 1.82) is 0 Å². The maximum Gasteiger partial charge on any atom is 0.227 e. The zero-order valence-corrected chi connectivity index (χ0v) is 15.0. The second kappa shape index (κ2) is 6.22. The lowest BCUT2D eigenvalue weighted by Crippen LogP contribution is -2.33. The van der Waals surface area contributed by atoms with Crippen molar-refractivity contribution in [3.8, 4) is 5.75 Å². The standard InChI is InChI=1S/C18H20N4O2S/c1-3-25-18-20-17-19-13-7-10(2)8-14(24)15(13)16(22(17)21-18)11-5-4-6-12(23)9-11/h4-6,9-10,16,23H,3,7-8H2,1-2H3,(H,19,20,21)/t10-,16+/m1/s1. The summed E-state index contributed by atoms with van der Waals surface area (Å²) in [6.07, 6.45) is 1.36. The largest absolute Gasteiger partial charge is 0.508 e. The maximum absolute atomic E-state index is 12.8. The van der Waals surface area contributed by atoms with Crippen molar-refractivity contribution in [1.82, 2.24) is 14.8 Å². The summed E-state index contributed by atoms with van der Waals surface area (Å²) in [5.41, 5.74) is 2.52. The molecule has 0 bridgehead atoms. The number of nitrogens with zero attached hydrogens (tertiary/aromatic N) is 3. The fourth-order valence-corrected chi connectivity index (χ4v) is 4.14. The average Bonchev–Trinajstić information content (AvgIpc) is 2.95. The van der Waals surface area contributed by atoms with Gasteiger partial charge in [-0.25, -0.2) is 4.68 Å². The van der Waals surface area contributed by atoms with Crippen LogP contribution in [0.1, 0.15) is 38.3 Å². The number of ketones is 1. The van der Waals surface area contributed by atoms with Crippen LogP contribution in [0.2, 0.25) is 0 Å². The van der Waals surface area contributed by atoms with Crippen molar-refractivity contribution in [3.63, 3.8) is 0 Å². The number of fused-ring (bicyclic) bond motifs is 1. The van der Waals surface area contributed by atoms with Gasteiger partial charge in [0.15, 0.2) is 5.78 Å². The summed E-state index contributed by atoms with van der Waals surface area (Å²) < 4.78 is 1.78. The highest BCUT2D eigenvalue weighted by atomic mass is 32.2. The SMILES string of the molecule is CCSc1nc2n(n1)[C@@H](c1cccc(O)c1)C1=C(C[C@@H](C)CC1=O)N2. The first-order valence-corrected chi connectivity index (χ1v) is 9.47. The highest BCUT2D eigenvalue weighted by Crippen LogP contribution is 2.42. The third kappa shape index (κ3) is 2.82. The van der Waals surface area contributed by atoms with Gasteiger partial charge in [0.2, 0.25) is 11.1 Å². The summed E-state index contributed by atoms with van der Waals surface area (Å²) >= 11 is 1.57. The molecule has 2 aliphatic rings. The van der Waals surface area contributed by atoms with Gasteiger partial charge in [0.25, 0.3) is 0 Å². The monoisotopic (exact) mass is 356 g/mol. The molecule has 1 aliphatic carbocycles. The van der Waals surface area contributed by atoms with Gasteiger partial charge in [-0.2, -0.15) is 4.98 Å². The summed E-state index contributed by atoms with van der Waals surface area (Å²) in [4.78, 5) is 17.4. The smallest absolute Gasteiger partial charge is 0.227 e. The molecule has 0 spiro atoms. The van der Waals surface area contributed by atoms with Crippen molar-refractivity contribution >= 4 is 23.5 Å². The van der Waals surface area contributed by atoms with Crippen molar-refractivity contribution < 1.29 is 9.90 Å². The Kier molecular flexibility index (Phi) is 4.03. The number of phenols is 1. The minimum Gasteiger partial charge on any atom is -0.508 e. The number of Topliss-reactive ketones (excluding diaryl/α,β-unsaturated/α-hetero) is 1. The van der Waals surface area contributed by atoms with Crippen LogP contribution in [0.25, 0.3) is 0 Å². The number of phenolic OH excluding ortho intramolecular Hbond substituents is 1. The van der Waals surface area contributed by atoms with Crippen molar-refractivity contribution in [2.75, 3.05) is 11.1 Å². The molecule has 0 unspecified atom stereocenters. The molecule has 130 valence electrons. The Balaban J connectivity index is 1.88. The van der Waals surface area contributed by atoms with Gasteiger partial charge >= 0.3 is 0 Å². The lowest BCUT2D eigenvalue weighted by Gasteiger charge is -2.34. The second-order valence-electron chi connectivity index (χ2n) is 6.55. The predicted molar refractivity (Wildman–Crippen MR) is 96.7 cm³/mol. The number of allylic oxidation sites excluding steroid dienone is 2. The van der Waals surface area contributed by atoms with Crippen molar-refractivity contribution in [2.24, 2.45) is 5.92 Å². The molecule has 1 aromatic carbocycles. The molecule has 2 N–H and O–H groups in total. The number of anilines is 1. The van der Waals surface area contributed by atoms with Crippen LogP contribution < -0.4 is 5.32 Å². The Morgan fingerprint density at radius 2 is 2.24 bits per heavy atom. The van der Waals surface area contributed by atoms with Gasteiger partial charge in [-0.05, 0) is 35.8 Å². The van der Waals surface area contributed by atoms with E-state index in [1.807, 2.05) is 6.07 Å². The van der Waals surface area contributed by atoms with Crippen LogP contribution in [0.15, 0.2) is 40.7 Å². The fraction of sp³-hybridized carbons (Fsp3) is 0.389. The summed E-state index contributed by atoms with van der Waals surface area (Å²) in [6.45, 7) is 4.14. The van der Waals surface area contributed by atoms with Gasteiger partial charge < -0.3 is 10.4 Å². The molecule has 2 atom stereocenters. The normalized spacial score (nSPS) is 22.4. The van der Waals surface area contributed by atoms with Crippen LogP contribution in [0.5, 0.6) is 5.75 Å². The van der Waals surface area contributed by atoms with Crippen LogP contribution in [0, 0.1) is 5.92 Å². The number of carbonyl (C=O) groups is 1. The maximum atomic E-state index is 12.8. The molecular weight excluding hydrogens is 336 g/mol. The van der Waals surface area contributed by atoms with Crippen LogP contribution in [0.3, 0.4) is 0 Å². The number of hydrogen-bond acceptors (Lipinski definition) is 6. The third-order valence-electron chi connectivity index (χ3n) is 4.56. The molecule has 0 amide bonds. The minimum atomic E-state index is -0.350. The molecule has 0 fully saturated rings. The topological polar surface area (TPSA) is 80.0 Å². The fourth-order valence-electron chi connectivity index (χ4n) is 3.58. The highest BCUT2D eigenvalue weighted by Gasteiger charge is 2.38. The molecule has 4 rings (SSSR count). The number of benzene rings is 1. The number of thioether (sulfide) groups is 1. The van der Waals surface area contributed by atoms with E-state index in [1.165, 1.54) is 0 Å². The van der Waals surface area contributed by atoms with E-state index in [9.17, 15) is 9.90 Å². The van der Waals surface area contributed by atoms with Gasteiger partial charge in [0.05, 0.1) is 0 Å². The van der Waals surface area contributed by atoms with E-state index in [0.29, 0.717) is 23.4 Å². The Morgan fingerprint density at radius 3 is 3.00 bits per heavy atom. The Bertz CT molecular complexity index is 874. The molecule has 1 aliphatic heterocycles. The molecular formula is C18H20N4O2S. The summed E-state index contributed by atoms with van der Waals surface area (Å²) in [5.74, 6) is 2.16. The lowest BCUT2D eigenvalue weighted by atomic mass is 9.81. The minimum absolute atomic E-state index is 0.139. The highest BCUT2D eigenvalue weighted by molar-refractivity contribution is 7.99. The molecule has 2 heterocycles. The van der Waals surface area contributed by atoms with E-state index < -0.39 is 0 Å². The molecule has 0 radical (unpaired) electrons. The molecule has 2 aromatic rings. The number of carbonyl (C=O) groups excluding carboxylic acids is 1. The molecule has 7 heteroatoms. The van der Waals surface area contributed by atoms with E-state index in [4.69, 9.17) is 0 Å². The Labute approximate surface area is 150 Å². The van der Waals surface area contributed by atoms with E-state index in [0.717, 1.165) is 29.0 Å². The van der Waals surface area contributed by atoms with Gasteiger partial charge in [0, 0.05) is 17.7 Å². The molecule has 0 saturated carbocycles. The molecule has 6 nitrogen and oxygen atoms in total. The van der Waals surface area contributed by atoms with Crippen LogP contribution in [-0.4, -0.2) is 31.4 Å². The molecule has 25 heavy (non-hydrogen) atoms. The van der Waals surface area contributed by atoms with E-state index in [1.54, 1.807) is 34.6 Å². The predicted octanol–water partition coefficient (Wildman–Crippen LogP) is 3.36. The number of aromatic hydroxyl groups is 1. The zero-order valence-electron chi connectivity index (χ0n) is 14.2. The average molecular weight is 356 g/mol. The third-order valence-corrected chi connectivity index (χ3v) is 5.28. The van der Waals surface area contributed by atoms with Crippen molar-refractivity contribution in [2.45, 2.75) is 37.9 Å². The summed E-state index contributed by atoms with van der Waals surface area (Å²) in [5, 5.41) is 18.5. The number of rotatable bonds is 3. The van der Waals surface area contributed by atoms with Crippen LogP contribution in [-0.2, 0) is 4.79 Å². The molecule has 1 aromatic heterocycles. The van der Waals surface area contributed by atoms with Crippen LogP contribution in [0.4, 0.5) is 5.95 Å². The zero-order chi connectivity index (χ0) is 17.6. The first-order chi connectivity index (χ1) is 12.1. The second-order valence-corrected chi connectivity index (χ2v) is 7.78. The number of nitrogens with one attached hydrogen (secondary N) is 1. The van der Waals surface area contributed by atoms with E-state index in [2.05, 4.69) is 29.2 Å². The van der Waals surface area contributed by atoms with Gasteiger partial charge in [0.1, 0.15) is 11.8 Å². The molecule has 0 saturated heterocycles. The number of aromatic nitrogens is 3. The van der Waals surface area contributed by atoms with Gasteiger partial charge in [-0.1, -0.05) is 37.7 Å². The first-order valence-electron chi connectivity index (χ1n) is 8.48. The Morgan fingerprint density at radius 1 is 1.40 bits per heavy atom. The van der Waals surface area contributed by atoms with Crippen LogP contribution >= 0.6 is 11.8 Å². The van der Waals surface area contributed by atoms with Gasteiger partial charge in [-0.3, -0.25) is 4.79 Å². The lowest BCUT2D eigenvalue weighted by molar-refractivity contribution is -0.117.